The molecule has 2 nitrogen and oxygen atoms in total. The second kappa shape index (κ2) is 11.3. The lowest BCUT2D eigenvalue weighted by Crippen LogP contribution is -2.13. The van der Waals surface area contributed by atoms with E-state index < -0.39 is 23.3 Å². The number of hydrogen-bond acceptors (Lipinski definition) is 2. The van der Waals surface area contributed by atoms with Gasteiger partial charge in [0, 0.05) is 17.7 Å². The zero-order valence-electron chi connectivity index (χ0n) is 20.1. The Labute approximate surface area is 203 Å². The molecule has 0 spiro atoms. The lowest BCUT2D eigenvalue weighted by Gasteiger charge is -2.27. The van der Waals surface area contributed by atoms with Crippen LogP contribution in [-0.2, 0) is 18.0 Å². The first-order valence-corrected chi connectivity index (χ1v) is 12.1. The van der Waals surface area contributed by atoms with Gasteiger partial charge in [0.1, 0.15) is 6.61 Å². The van der Waals surface area contributed by atoms with E-state index in [0.29, 0.717) is 29.2 Å². The highest BCUT2D eigenvalue weighted by Crippen LogP contribution is 2.38. The van der Waals surface area contributed by atoms with Gasteiger partial charge in [0.05, 0.1) is 6.61 Å². The summed E-state index contributed by atoms with van der Waals surface area (Å²) < 4.78 is 69.0. The molecule has 0 atom stereocenters. The zero-order chi connectivity index (χ0) is 24.9. The molecule has 3 aromatic rings. The van der Waals surface area contributed by atoms with Gasteiger partial charge in [-0.15, -0.1) is 0 Å². The molecule has 6 heteroatoms. The summed E-state index contributed by atoms with van der Waals surface area (Å²) >= 11 is 0. The van der Waals surface area contributed by atoms with Crippen LogP contribution in [0.3, 0.4) is 0 Å². The summed E-state index contributed by atoms with van der Waals surface area (Å²) in [5.74, 6) is -3.16. The van der Waals surface area contributed by atoms with Gasteiger partial charge in [-0.3, -0.25) is 0 Å². The Balaban J connectivity index is 1.44. The average Bonchev–Trinajstić information content (AvgIpc) is 2.87. The van der Waals surface area contributed by atoms with Gasteiger partial charge < -0.3 is 9.47 Å². The standard InChI is InChI=1S/C29H30F4O2/c1-3-34-17-22-12-15-25(29(33)26(22)30)35-16-19-6-10-21(11-7-19)24-14-13-23(27(31)28(24)32)20-8-4-18(2)5-9-20/h6-7,10-15,18,20H,3-5,8-9,16-17H2,1-2H3. The number of hydrogen-bond donors (Lipinski definition) is 0. The molecule has 4 rings (SSSR count). The van der Waals surface area contributed by atoms with Gasteiger partial charge in [0.15, 0.2) is 23.2 Å². The molecule has 0 amide bonds. The van der Waals surface area contributed by atoms with E-state index in [0.717, 1.165) is 25.7 Å². The van der Waals surface area contributed by atoms with E-state index in [4.69, 9.17) is 9.47 Å². The fraction of sp³-hybridized carbons (Fsp3) is 0.379. The highest BCUT2D eigenvalue weighted by atomic mass is 19.2. The first-order chi connectivity index (χ1) is 16.9. The SMILES string of the molecule is CCOCc1ccc(OCc2ccc(-c3ccc(C4CCC(C)CC4)c(F)c3F)cc2)c(F)c1F. The normalized spacial score (nSPS) is 18.0. The van der Waals surface area contributed by atoms with Gasteiger partial charge in [-0.05, 0) is 60.4 Å². The fourth-order valence-corrected chi connectivity index (χ4v) is 4.62. The molecule has 0 aromatic heterocycles. The highest BCUT2D eigenvalue weighted by molar-refractivity contribution is 5.65. The summed E-state index contributed by atoms with van der Waals surface area (Å²) in [4.78, 5) is 0. The summed E-state index contributed by atoms with van der Waals surface area (Å²) in [6.45, 7) is 4.35. The van der Waals surface area contributed by atoms with Crippen LogP contribution in [0.5, 0.6) is 5.75 Å². The maximum Gasteiger partial charge on any atom is 0.200 e. The van der Waals surface area contributed by atoms with Crippen LogP contribution in [0, 0.1) is 29.2 Å². The van der Waals surface area contributed by atoms with Crippen molar-refractivity contribution >= 4 is 0 Å². The Morgan fingerprint density at radius 2 is 1.46 bits per heavy atom. The van der Waals surface area contributed by atoms with Crippen molar-refractivity contribution in [2.24, 2.45) is 5.92 Å². The van der Waals surface area contributed by atoms with Gasteiger partial charge in [-0.1, -0.05) is 56.2 Å². The van der Waals surface area contributed by atoms with Gasteiger partial charge in [0.25, 0.3) is 0 Å². The molecular weight excluding hydrogens is 456 g/mol. The Hall–Kier alpha value is -2.86. The van der Waals surface area contributed by atoms with Crippen LogP contribution >= 0.6 is 0 Å². The van der Waals surface area contributed by atoms with Crippen molar-refractivity contribution in [2.45, 2.75) is 58.7 Å². The quantitative estimate of drug-likeness (QED) is 0.298. The summed E-state index contributed by atoms with van der Waals surface area (Å²) in [7, 11) is 0. The fourth-order valence-electron chi connectivity index (χ4n) is 4.62. The monoisotopic (exact) mass is 486 g/mol. The zero-order valence-corrected chi connectivity index (χ0v) is 20.1. The van der Waals surface area contributed by atoms with Crippen LogP contribution in [0.4, 0.5) is 17.6 Å². The average molecular weight is 487 g/mol. The topological polar surface area (TPSA) is 18.5 Å². The first kappa shape index (κ1) is 25.2. The molecule has 0 aliphatic heterocycles. The predicted octanol–water partition coefficient (Wildman–Crippen LogP) is 8.32. The molecule has 35 heavy (non-hydrogen) atoms. The van der Waals surface area contributed by atoms with E-state index in [1.54, 1.807) is 43.3 Å². The van der Waals surface area contributed by atoms with Crippen LogP contribution in [0.25, 0.3) is 11.1 Å². The minimum Gasteiger partial charge on any atom is -0.486 e. The molecule has 0 radical (unpaired) electrons. The van der Waals surface area contributed by atoms with Gasteiger partial charge >= 0.3 is 0 Å². The van der Waals surface area contributed by atoms with E-state index in [1.807, 2.05) is 0 Å². The molecule has 0 heterocycles. The second-order valence-corrected chi connectivity index (χ2v) is 9.26. The summed E-state index contributed by atoms with van der Waals surface area (Å²) in [6, 6.07) is 12.9. The van der Waals surface area contributed by atoms with Gasteiger partial charge in [-0.25, -0.2) is 13.2 Å². The minimum atomic E-state index is -1.07. The van der Waals surface area contributed by atoms with Crippen molar-refractivity contribution in [3.63, 3.8) is 0 Å². The predicted molar refractivity (Wildman–Crippen MR) is 128 cm³/mol. The van der Waals surface area contributed by atoms with Gasteiger partial charge in [-0.2, -0.15) is 4.39 Å². The van der Waals surface area contributed by atoms with Crippen molar-refractivity contribution in [3.05, 3.63) is 88.5 Å². The highest BCUT2D eigenvalue weighted by Gasteiger charge is 2.25. The van der Waals surface area contributed by atoms with Gasteiger partial charge in [0.2, 0.25) is 5.82 Å². The molecule has 1 fully saturated rings. The second-order valence-electron chi connectivity index (χ2n) is 9.26. The lowest BCUT2D eigenvalue weighted by atomic mass is 9.79. The molecule has 186 valence electrons. The molecule has 0 unspecified atom stereocenters. The van der Waals surface area contributed by atoms with Crippen molar-refractivity contribution < 1.29 is 27.0 Å². The van der Waals surface area contributed by atoms with Crippen LogP contribution in [0.1, 0.15) is 62.1 Å². The van der Waals surface area contributed by atoms with Crippen molar-refractivity contribution in [1.29, 1.82) is 0 Å². The van der Waals surface area contributed by atoms with E-state index >= 15 is 0 Å². The molecule has 3 aromatic carbocycles. The van der Waals surface area contributed by atoms with Crippen LogP contribution in [-0.4, -0.2) is 6.61 Å². The molecule has 0 bridgehead atoms. The molecule has 1 aliphatic rings. The van der Waals surface area contributed by atoms with Crippen LogP contribution < -0.4 is 4.74 Å². The molecule has 1 saturated carbocycles. The number of halogens is 4. The Bertz CT molecular complexity index is 1150. The lowest BCUT2D eigenvalue weighted by molar-refractivity contribution is 0.130. The maximum atomic E-state index is 15.0. The minimum absolute atomic E-state index is 0.00265. The largest absolute Gasteiger partial charge is 0.486 e. The third-order valence-electron chi connectivity index (χ3n) is 6.82. The Kier molecular flexibility index (Phi) is 8.11. The van der Waals surface area contributed by atoms with Crippen molar-refractivity contribution in [2.75, 3.05) is 6.61 Å². The summed E-state index contributed by atoms with van der Waals surface area (Å²) in [5.41, 5.74) is 2.00. The number of rotatable bonds is 8. The van der Waals surface area contributed by atoms with E-state index in [-0.39, 0.29) is 36.0 Å². The van der Waals surface area contributed by atoms with Crippen molar-refractivity contribution in [1.82, 2.24) is 0 Å². The van der Waals surface area contributed by atoms with Crippen LogP contribution in [0.2, 0.25) is 0 Å². The first-order valence-electron chi connectivity index (χ1n) is 12.1. The van der Waals surface area contributed by atoms with E-state index in [1.165, 1.54) is 12.1 Å². The summed E-state index contributed by atoms with van der Waals surface area (Å²) in [5, 5.41) is 0. The Morgan fingerprint density at radius 3 is 2.14 bits per heavy atom. The maximum absolute atomic E-state index is 15.0. The number of ether oxygens (including phenoxy) is 2. The third kappa shape index (κ3) is 5.69. The Morgan fingerprint density at radius 1 is 0.743 bits per heavy atom. The van der Waals surface area contributed by atoms with E-state index in [9.17, 15) is 17.6 Å². The van der Waals surface area contributed by atoms with Crippen LogP contribution in [0.15, 0.2) is 48.5 Å². The smallest absolute Gasteiger partial charge is 0.200 e. The summed E-state index contributed by atoms with van der Waals surface area (Å²) in [6.07, 6.45) is 3.83. The molecule has 0 N–H and O–H groups in total. The molecule has 0 saturated heterocycles. The molecule has 1 aliphatic carbocycles. The molecular formula is C29H30F4O2. The third-order valence-corrected chi connectivity index (χ3v) is 6.82. The number of benzene rings is 3. The van der Waals surface area contributed by atoms with Crippen molar-refractivity contribution in [3.8, 4) is 16.9 Å². The van der Waals surface area contributed by atoms with E-state index in [2.05, 4.69) is 6.92 Å².